The molecule has 0 saturated heterocycles. The fraction of sp³-hybridized carbons (Fsp3) is 0.0714. The molecule has 2 rings (SSSR count). The van der Waals surface area contributed by atoms with Crippen molar-refractivity contribution in [2.24, 2.45) is 4.99 Å². The van der Waals surface area contributed by atoms with Gasteiger partial charge in [0.2, 0.25) is 0 Å². The van der Waals surface area contributed by atoms with Crippen molar-refractivity contribution in [1.82, 2.24) is 0 Å². The Hall–Kier alpha value is -1.12. The van der Waals surface area contributed by atoms with Crippen LogP contribution >= 0.6 is 27.5 Å². The number of allylic oxidation sites excluding steroid dienone is 2. The molecule has 0 N–H and O–H groups in total. The van der Waals surface area contributed by atoms with E-state index in [0.717, 1.165) is 32.8 Å². The summed E-state index contributed by atoms with van der Waals surface area (Å²) >= 11 is 9.51. The average molecular weight is 309 g/mol. The van der Waals surface area contributed by atoms with Crippen molar-refractivity contribution in [3.05, 3.63) is 63.8 Å². The first-order valence-electron chi connectivity index (χ1n) is 5.14. The van der Waals surface area contributed by atoms with Crippen molar-refractivity contribution in [3.63, 3.8) is 0 Å². The van der Waals surface area contributed by atoms with Gasteiger partial charge in [-0.1, -0.05) is 46.8 Å². The molecule has 0 amide bonds. The second kappa shape index (κ2) is 5.03. The monoisotopic (exact) mass is 307 g/mol. The summed E-state index contributed by atoms with van der Waals surface area (Å²) in [7, 11) is 0. The number of hydrogen-bond donors (Lipinski definition) is 0. The summed E-state index contributed by atoms with van der Waals surface area (Å²) in [4.78, 5) is 4.27. The van der Waals surface area contributed by atoms with Crippen LogP contribution in [0.5, 0.6) is 0 Å². The molecule has 0 heterocycles. The minimum absolute atomic E-state index is 0.732. The standard InChI is InChI=1S/C14H11BrClN/c1-3-17-14-8-10-4-5-12(16)6-11(10)7-13(15)9(14)2/h3-7H,1-2,8H2. The lowest BCUT2D eigenvalue weighted by atomic mass is 10.0. The number of benzene rings is 1. The number of aliphatic imine (C=N–C) groups is 1. The van der Waals surface area contributed by atoms with Crippen molar-refractivity contribution < 1.29 is 0 Å². The van der Waals surface area contributed by atoms with Crippen LogP contribution < -0.4 is 0 Å². The first-order chi connectivity index (χ1) is 8.11. The van der Waals surface area contributed by atoms with Crippen LogP contribution in [0.3, 0.4) is 0 Å². The van der Waals surface area contributed by atoms with Crippen LogP contribution in [-0.2, 0) is 6.42 Å². The topological polar surface area (TPSA) is 12.4 Å². The molecule has 1 aromatic rings. The minimum Gasteiger partial charge on any atom is -0.261 e. The molecule has 0 aromatic heterocycles. The van der Waals surface area contributed by atoms with Gasteiger partial charge < -0.3 is 0 Å². The molecule has 0 aliphatic heterocycles. The van der Waals surface area contributed by atoms with E-state index in [9.17, 15) is 0 Å². The van der Waals surface area contributed by atoms with E-state index in [0.29, 0.717) is 0 Å². The Morgan fingerprint density at radius 3 is 2.88 bits per heavy atom. The quantitative estimate of drug-likeness (QED) is 0.708. The van der Waals surface area contributed by atoms with Gasteiger partial charge in [0.1, 0.15) is 0 Å². The zero-order valence-corrected chi connectivity index (χ0v) is 11.6. The number of hydrogen-bond acceptors (Lipinski definition) is 1. The maximum Gasteiger partial charge on any atom is 0.0524 e. The zero-order valence-electron chi connectivity index (χ0n) is 9.21. The Kier molecular flexibility index (Phi) is 3.65. The first kappa shape index (κ1) is 12.3. The van der Waals surface area contributed by atoms with Crippen LogP contribution in [0.25, 0.3) is 6.08 Å². The third-order valence-electron chi connectivity index (χ3n) is 2.63. The van der Waals surface area contributed by atoms with Gasteiger partial charge in [-0.15, -0.1) is 0 Å². The molecular weight excluding hydrogens is 298 g/mol. The average Bonchev–Trinajstić information content (AvgIpc) is 2.40. The lowest BCUT2D eigenvalue weighted by molar-refractivity contribution is 1.30. The smallest absolute Gasteiger partial charge is 0.0524 e. The predicted octanol–water partition coefficient (Wildman–Crippen LogP) is 4.77. The highest BCUT2D eigenvalue weighted by Gasteiger charge is 2.15. The molecule has 0 fully saturated rings. The van der Waals surface area contributed by atoms with Crippen LogP contribution in [-0.4, -0.2) is 5.71 Å². The molecule has 1 aromatic carbocycles. The Balaban J connectivity index is 2.58. The molecule has 0 unspecified atom stereocenters. The van der Waals surface area contributed by atoms with E-state index < -0.39 is 0 Å². The summed E-state index contributed by atoms with van der Waals surface area (Å²) in [6.45, 7) is 7.66. The van der Waals surface area contributed by atoms with Crippen LogP contribution in [0.2, 0.25) is 5.02 Å². The van der Waals surface area contributed by atoms with Crippen molar-refractivity contribution in [1.29, 1.82) is 0 Å². The Morgan fingerprint density at radius 1 is 1.41 bits per heavy atom. The second-order valence-corrected chi connectivity index (χ2v) is 5.04. The molecule has 1 aliphatic carbocycles. The summed E-state index contributed by atoms with van der Waals surface area (Å²) in [5.74, 6) is 0. The van der Waals surface area contributed by atoms with Crippen LogP contribution in [0.15, 0.2) is 52.6 Å². The summed E-state index contributed by atoms with van der Waals surface area (Å²) in [6.07, 6.45) is 4.31. The fourth-order valence-corrected chi connectivity index (χ4v) is 2.40. The summed E-state index contributed by atoms with van der Waals surface area (Å²) in [5.41, 5.74) is 4.09. The molecule has 0 saturated carbocycles. The van der Waals surface area contributed by atoms with Gasteiger partial charge in [-0.05, 0) is 29.3 Å². The molecule has 0 bridgehead atoms. The Morgan fingerprint density at radius 2 is 2.18 bits per heavy atom. The third kappa shape index (κ3) is 2.59. The molecule has 1 nitrogen and oxygen atoms in total. The molecular formula is C14H11BrClN. The van der Waals surface area contributed by atoms with Gasteiger partial charge in [0, 0.05) is 27.7 Å². The molecule has 17 heavy (non-hydrogen) atoms. The Labute approximate surface area is 114 Å². The minimum atomic E-state index is 0.732. The predicted molar refractivity (Wildman–Crippen MR) is 78.8 cm³/mol. The zero-order chi connectivity index (χ0) is 12.4. The van der Waals surface area contributed by atoms with Crippen LogP contribution in [0.4, 0.5) is 0 Å². The number of rotatable bonds is 1. The molecule has 0 radical (unpaired) electrons. The molecule has 86 valence electrons. The SMILES string of the molecule is C=CN=C1Cc2ccc(Cl)cc2C=C(Br)C1=C. The van der Waals surface area contributed by atoms with Gasteiger partial charge in [-0.2, -0.15) is 0 Å². The van der Waals surface area contributed by atoms with Gasteiger partial charge >= 0.3 is 0 Å². The van der Waals surface area contributed by atoms with Crippen molar-refractivity contribution in [2.75, 3.05) is 0 Å². The first-order valence-corrected chi connectivity index (χ1v) is 6.32. The van der Waals surface area contributed by atoms with Gasteiger partial charge in [0.15, 0.2) is 0 Å². The number of fused-ring (bicyclic) bond motifs is 1. The van der Waals surface area contributed by atoms with E-state index in [-0.39, 0.29) is 0 Å². The van der Waals surface area contributed by atoms with E-state index in [4.69, 9.17) is 11.6 Å². The fourth-order valence-electron chi connectivity index (χ4n) is 1.74. The number of nitrogens with zero attached hydrogens (tertiary/aromatic N) is 1. The molecule has 1 aliphatic rings. The van der Waals surface area contributed by atoms with E-state index in [1.54, 1.807) is 6.20 Å². The van der Waals surface area contributed by atoms with E-state index >= 15 is 0 Å². The summed E-state index contributed by atoms with van der Waals surface area (Å²) < 4.78 is 0.930. The highest BCUT2D eigenvalue weighted by Crippen LogP contribution is 2.29. The van der Waals surface area contributed by atoms with Gasteiger partial charge in [-0.3, -0.25) is 4.99 Å². The summed E-state index contributed by atoms with van der Waals surface area (Å²) in [5, 5.41) is 0.732. The maximum absolute atomic E-state index is 6.00. The van der Waals surface area contributed by atoms with Crippen LogP contribution in [0, 0.1) is 0 Å². The van der Waals surface area contributed by atoms with Crippen molar-refractivity contribution in [2.45, 2.75) is 6.42 Å². The Bertz CT molecular complexity index is 555. The lowest BCUT2D eigenvalue weighted by Crippen LogP contribution is -2.04. The normalized spacial score (nSPS) is 17.4. The highest BCUT2D eigenvalue weighted by molar-refractivity contribution is 9.12. The van der Waals surface area contributed by atoms with Gasteiger partial charge in [-0.25, -0.2) is 0 Å². The van der Waals surface area contributed by atoms with Crippen LogP contribution in [0.1, 0.15) is 11.1 Å². The van der Waals surface area contributed by atoms with E-state index in [2.05, 4.69) is 34.1 Å². The van der Waals surface area contributed by atoms with E-state index in [1.165, 1.54) is 5.56 Å². The highest BCUT2D eigenvalue weighted by atomic mass is 79.9. The van der Waals surface area contributed by atoms with E-state index in [1.807, 2.05) is 24.3 Å². The van der Waals surface area contributed by atoms with Gasteiger partial charge in [0.25, 0.3) is 0 Å². The third-order valence-corrected chi connectivity index (χ3v) is 3.57. The van der Waals surface area contributed by atoms with Gasteiger partial charge in [0.05, 0.1) is 5.71 Å². The molecule has 3 heteroatoms. The lowest BCUT2D eigenvalue weighted by Gasteiger charge is -2.06. The second-order valence-electron chi connectivity index (χ2n) is 3.75. The van der Waals surface area contributed by atoms with Crippen molar-refractivity contribution >= 4 is 39.3 Å². The molecule has 0 atom stereocenters. The largest absolute Gasteiger partial charge is 0.261 e. The van der Waals surface area contributed by atoms with Crippen molar-refractivity contribution in [3.8, 4) is 0 Å². The molecule has 0 spiro atoms. The maximum atomic E-state index is 6.00. The number of halogens is 2. The summed E-state index contributed by atoms with van der Waals surface area (Å²) in [6, 6.07) is 5.86.